The fourth-order valence-corrected chi connectivity index (χ4v) is 3.14. The van der Waals surface area contributed by atoms with Crippen molar-refractivity contribution in [3.63, 3.8) is 0 Å². The molecule has 1 aliphatic heterocycles. The van der Waals surface area contributed by atoms with E-state index in [0.29, 0.717) is 17.2 Å². The van der Waals surface area contributed by atoms with Gasteiger partial charge in [0.1, 0.15) is 5.82 Å². The molecule has 0 spiro atoms. The lowest BCUT2D eigenvalue weighted by Crippen LogP contribution is -2.43. The molecule has 0 bridgehead atoms. The number of aromatic nitrogens is 2. The summed E-state index contributed by atoms with van der Waals surface area (Å²) in [7, 11) is 2.00. The molecule has 1 aromatic heterocycles. The van der Waals surface area contributed by atoms with Crippen molar-refractivity contribution in [2.45, 2.75) is 19.3 Å². The van der Waals surface area contributed by atoms with Crippen molar-refractivity contribution in [2.75, 3.05) is 18.4 Å². The van der Waals surface area contributed by atoms with Crippen LogP contribution >= 0.6 is 0 Å². The molecule has 1 fully saturated rings. The smallest absolute Gasteiger partial charge is 0.321 e. The van der Waals surface area contributed by atoms with Crippen molar-refractivity contribution < 1.29 is 4.79 Å². The third-order valence-electron chi connectivity index (χ3n) is 4.44. The van der Waals surface area contributed by atoms with Gasteiger partial charge in [-0.2, -0.15) is 5.26 Å². The van der Waals surface area contributed by atoms with E-state index < -0.39 is 0 Å². The fourth-order valence-electron chi connectivity index (χ4n) is 3.14. The number of urea groups is 1. The first-order valence-electron chi connectivity index (χ1n) is 8.18. The van der Waals surface area contributed by atoms with E-state index in [1.165, 1.54) is 0 Å². The maximum atomic E-state index is 12.5. The number of rotatable bonds is 3. The number of nitrogens with one attached hydrogen (secondary N) is 1. The molecule has 1 N–H and O–H groups in total. The minimum Gasteiger partial charge on any atom is -0.338 e. The largest absolute Gasteiger partial charge is 0.338 e. The van der Waals surface area contributed by atoms with E-state index in [4.69, 9.17) is 5.26 Å². The van der Waals surface area contributed by atoms with Crippen LogP contribution in [0, 0.1) is 17.2 Å². The van der Waals surface area contributed by atoms with Gasteiger partial charge in [0.15, 0.2) is 0 Å². The second-order valence-corrected chi connectivity index (χ2v) is 6.24. The lowest BCUT2D eigenvalue weighted by molar-refractivity contribution is 0.176. The van der Waals surface area contributed by atoms with E-state index in [1.54, 1.807) is 24.3 Å². The Morgan fingerprint density at radius 1 is 1.50 bits per heavy atom. The average molecular weight is 323 g/mol. The number of hydrogen-bond donors (Lipinski definition) is 1. The zero-order chi connectivity index (χ0) is 16.9. The second-order valence-electron chi connectivity index (χ2n) is 6.24. The lowest BCUT2D eigenvalue weighted by Gasteiger charge is -2.32. The van der Waals surface area contributed by atoms with Crippen molar-refractivity contribution >= 4 is 11.7 Å². The van der Waals surface area contributed by atoms with E-state index >= 15 is 0 Å². The first-order valence-corrected chi connectivity index (χ1v) is 8.18. The van der Waals surface area contributed by atoms with Crippen LogP contribution < -0.4 is 5.32 Å². The van der Waals surface area contributed by atoms with Crippen molar-refractivity contribution in [3.8, 4) is 6.07 Å². The summed E-state index contributed by atoms with van der Waals surface area (Å²) in [6, 6.07) is 8.96. The van der Waals surface area contributed by atoms with Crippen LogP contribution in [0.3, 0.4) is 0 Å². The molecule has 0 radical (unpaired) electrons. The van der Waals surface area contributed by atoms with Crippen molar-refractivity contribution in [2.24, 2.45) is 13.0 Å². The van der Waals surface area contributed by atoms with Gasteiger partial charge in [-0.1, -0.05) is 6.07 Å². The SMILES string of the molecule is Cn1ccnc1CC1CCCN(C(=O)Nc2cccc(C#N)c2)C1. The molecule has 6 nitrogen and oxygen atoms in total. The molecule has 24 heavy (non-hydrogen) atoms. The number of carbonyl (C=O) groups excluding carboxylic acids is 1. The molecule has 2 amide bonds. The van der Waals surface area contributed by atoms with Crippen molar-refractivity contribution in [3.05, 3.63) is 48.0 Å². The first-order chi connectivity index (χ1) is 11.7. The molecule has 1 aliphatic rings. The Balaban J connectivity index is 1.60. The van der Waals surface area contributed by atoms with Crippen LogP contribution in [0.2, 0.25) is 0 Å². The zero-order valence-corrected chi connectivity index (χ0v) is 13.8. The van der Waals surface area contributed by atoms with Gasteiger partial charge in [0.25, 0.3) is 0 Å². The van der Waals surface area contributed by atoms with Gasteiger partial charge < -0.3 is 14.8 Å². The number of nitrogens with zero attached hydrogens (tertiary/aromatic N) is 4. The Bertz CT molecular complexity index is 761. The third kappa shape index (κ3) is 3.74. The Labute approximate surface area is 141 Å². The van der Waals surface area contributed by atoms with Gasteiger partial charge in [-0.05, 0) is 37.0 Å². The van der Waals surface area contributed by atoms with Crippen LogP contribution in [-0.4, -0.2) is 33.6 Å². The maximum absolute atomic E-state index is 12.5. The summed E-state index contributed by atoms with van der Waals surface area (Å²) in [4.78, 5) is 18.7. The average Bonchev–Trinajstić information content (AvgIpc) is 3.00. The molecule has 124 valence electrons. The zero-order valence-electron chi connectivity index (χ0n) is 13.8. The molecular formula is C18H21N5O. The summed E-state index contributed by atoms with van der Waals surface area (Å²) in [5, 5.41) is 11.8. The fraction of sp³-hybridized carbons (Fsp3) is 0.389. The van der Waals surface area contributed by atoms with E-state index in [-0.39, 0.29) is 6.03 Å². The highest BCUT2D eigenvalue weighted by Crippen LogP contribution is 2.21. The Hall–Kier alpha value is -2.81. The number of aryl methyl sites for hydroxylation is 1. The van der Waals surface area contributed by atoms with Crippen LogP contribution in [-0.2, 0) is 13.5 Å². The summed E-state index contributed by atoms with van der Waals surface area (Å²) in [6.45, 7) is 1.50. The van der Waals surface area contributed by atoms with Gasteiger partial charge >= 0.3 is 6.03 Å². The molecule has 0 saturated carbocycles. The molecule has 0 aliphatic carbocycles. The molecule has 2 heterocycles. The highest BCUT2D eigenvalue weighted by molar-refractivity contribution is 5.89. The number of imidazole rings is 1. The quantitative estimate of drug-likeness (QED) is 0.944. The monoisotopic (exact) mass is 323 g/mol. The molecule has 3 rings (SSSR count). The van der Waals surface area contributed by atoms with Crippen molar-refractivity contribution in [1.82, 2.24) is 14.5 Å². The summed E-state index contributed by atoms with van der Waals surface area (Å²) in [6.07, 6.45) is 6.76. The molecule has 1 aromatic carbocycles. The summed E-state index contributed by atoms with van der Waals surface area (Å²) in [5.74, 6) is 1.49. The number of piperidine rings is 1. The van der Waals surface area contributed by atoms with E-state index in [0.717, 1.165) is 38.2 Å². The van der Waals surface area contributed by atoms with Crippen molar-refractivity contribution in [1.29, 1.82) is 5.26 Å². The number of hydrogen-bond acceptors (Lipinski definition) is 3. The molecule has 1 saturated heterocycles. The second kappa shape index (κ2) is 7.18. The highest BCUT2D eigenvalue weighted by Gasteiger charge is 2.24. The molecule has 1 atom stereocenters. The normalized spacial score (nSPS) is 17.3. The first kappa shape index (κ1) is 16.1. The minimum atomic E-state index is -0.102. The number of anilines is 1. The maximum Gasteiger partial charge on any atom is 0.321 e. The van der Waals surface area contributed by atoms with Gasteiger partial charge in [-0.3, -0.25) is 0 Å². The van der Waals surface area contributed by atoms with Gasteiger partial charge in [-0.25, -0.2) is 9.78 Å². The third-order valence-corrected chi connectivity index (χ3v) is 4.44. The van der Waals surface area contributed by atoms with Crippen LogP contribution in [0.25, 0.3) is 0 Å². The van der Waals surface area contributed by atoms with Gasteiger partial charge in [-0.15, -0.1) is 0 Å². The predicted molar refractivity (Wildman–Crippen MR) is 91.4 cm³/mol. The van der Waals surface area contributed by atoms with Gasteiger partial charge in [0, 0.05) is 44.6 Å². The highest BCUT2D eigenvalue weighted by atomic mass is 16.2. The summed E-state index contributed by atoms with van der Waals surface area (Å²) in [5.41, 5.74) is 1.20. The summed E-state index contributed by atoms with van der Waals surface area (Å²) < 4.78 is 2.03. The van der Waals surface area contributed by atoms with E-state index in [2.05, 4.69) is 16.4 Å². The van der Waals surface area contributed by atoms with Crippen LogP contribution in [0.15, 0.2) is 36.7 Å². The predicted octanol–water partition coefficient (Wildman–Crippen LogP) is 2.78. The number of amides is 2. The molecule has 1 unspecified atom stereocenters. The summed E-state index contributed by atoms with van der Waals surface area (Å²) >= 11 is 0. The van der Waals surface area contributed by atoms with Crippen LogP contribution in [0.1, 0.15) is 24.2 Å². The van der Waals surface area contributed by atoms with Gasteiger partial charge in [0.2, 0.25) is 0 Å². The minimum absolute atomic E-state index is 0.102. The number of likely N-dealkylation sites (tertiary alicyclic amines) is 1. The Morgan fingerprint density at radius 3 is 3.12 bits per heavy atom. The standard InChI is InChI=1S/C18H21N5O/c1-22-9-7-20-17(22)11-15-5-3-8-23(13-15)18(24)21-16-6-2-4-14(10-16)12-19/h2,4,6-7,9-10,15H,3,5,8,11,13H2,1H3,(H,21,24). The van der Waals surface area contributed by atoms with Crippen LogP contribution in [0.4, 0.5) is 10.5 Å². The molecule has 6 heteroatoms. The van der Waals surface area contributed by atoms with E-state index in [1.807, 2.05) is 28.9 Å². The Morgan fingerprint density at radius 2 is 2.38 bits per heavy atom. The Kier molecular flexibility index (Phi) is 4.80. The number of benzene rings is 1. The topological polar surface area (TPSA) is 74.0 Å². The van der Waals surface area contributed by atoms with Crippen LogP contribution in [0.5, 0.6) is 0 Å². The van der Waals surface area contributed by atoms with E-state index in [9.17, 15) is 4.79 Å². The molecule has 2 aromatic rings. The molecular weight excluding hydrogens is 302 g/mol. The lowest BCUT2D eigenvalue weighted by atomic mass is 9.94. The van der Waals surface area contributed by atoms with Gasteiger partial charge in [0.05, 0.1) is 11.6 Å². The number of carbonyl (C=O) groups is 1. The number of nitriles is 1.